The highest BCUT2D eigenvalue weighted by Gasteiger charge is 2.42. The van der Waals surface area contributed by atoms with Crippen molar-refractivity contribution in [2.75, 3.05) is 31.1 Å². The highest BCUT2D eigenvalue weighted by molar-refractivity contribution is 5.76. The van der Waals surface area contributed by atoms with Gasteiger partial charge in [0.15, 0.2) is 0 Å². The molecule has 8 heteroatoms. The number of carbonyl (C=O) groups excluding carboxylic acids is 1. The molecule has 2 aliphatic heterocycles. The Hall–Kier alpha value is -3.29. The maximum atomic E-state index is 12.5. The molecule has 2 aliphatic rings. The number of anilines is 1. The van der Waals surface area contributed by atoms with Crippen LogP contribution in [0.3, 0.4) is 0 Å². The van der Waals surface area contributed by atoms with Gasteiger partial charge in [-0.3, -0.25) is 9.78 Å². The molecule has 2 aromatic heterocycles. The number of amides is 1. The van der Waals surface area contributed by atoms with Gasteiger partial charge in [0.1, 0.15) is 25.0 Å². The van der Waals surface area contributed by atoms with Crippen molar-refractivity contribution in [1.29, 1.82) is 0 Å². The average molecular weight is 375 g/mol. The minimum atomic E-state index is 0.110. The number of hydrogen-bond donors (Lipinski definition) is 0. The molecule has 0 aliphatic carbocycles. The zero-order chi connectivity index (χ0) is 18.9. The van der Waals surface area contributed by atoms with Crippen molar-refractivity contribution in [3.05, 3.63) is 55.4 Å². The predicted octanol–water partition coefficient (Wildman–Crippen LogP) is 1.33. The molecule has 1 aromatic carbocycles. The fourth-order valence-corrected chi connectivity index (χ4v) is 4.18. The zero-order valence-electron chi connectivity index (χ0n) is 15.4. The summed E-state index contributed by atoms with van der Waals surface area (Å²) in [4.78, 5) is 29.8. The predicted molar refractivity (Wildman–Crippen MR) is 103 cm³/mol. The maximum Gasteiger partial charge on any atom is 0.244 e. The second-order valence-corrected chi connectivity index (χ2v) is 7.44. The van der Waals surface area contributed by atoms with Gasteiger partial charge in [-0.2, -0.15) is 5.10 Å². The first-order chi connectivity index (χ1) is 13.8. The fourth-order valence-electron chi connectivity index (χ4n) is 4.18. The van der Waals surface area contributed by atoms with E-state index in [9.17, 15) is 4.79 Å². The van der Waals surface area contributed by atoms with Crippen molar-refractivity contribution in [3.8, 4) is 11.3 Å². The summed E-state index contributed by atoms with van der Waals surface area (Å²) >= 11 is 0. The lowest BCUT2D eigenvalue weighted by molar-refractivity contribution is -0.131. The second-order valence-electron chi connectivity index (χ2n) is 7.44. The summed E-state index contributed by atoms with van der Waals surface area (Å²) in [5.74, 6) is 1.98. The Balaban J connectivity index is 1.20. The number of carbonyl (C=O) groups is 1. The first-order valence-corrected chi connectivity index (χ1v) is 9.49. The van der Waals surface area contributed by atoms with E-state index in [0.29, 0.717) is 11.8 Å². The lowest BCUT2D eigenvalue weighted by atomic mass is 10.0. The number of hydrogen-bond acceptors (Lipinski definition) is 6. The highest BCUT2D eigenvalue weighted by atomic mass is 16.2. The van der Waals surface area contributed by atoms with E-state index in [1.54, 1.807) is 11.0 Å². The number of nitrogens with zero attached hydrogens (tertiary/aromatic N) is 7. The Morgan fingerprint density at radius 1 is 1.00 bits per heavy atom. The quantitative estimate of drug-likeness (QED) is 0.684. The van der Waals surface area contributed by atoms with Crippen molar-refractivity contribution in [1.82, 2.24) is 29.6 Å². The normalized spacial score (nSPS) is 21.1. The summed E-state index contributed by atoms with van der Waals surface area (Å²) in [7, 11) is 0. The van der Waals surface area contributed by atoms with Gasteiger partial charge in [-0.15, -0.1) is 0 Å². The van der Waals surface area contributed by atoms with E-state index in [1.165, 1.54) is 6.33 Å². The van der Waals surface area contributed by atoms with Crippen LogP contribution in [0.15, 0.2) is 55.4 Å². The molecule has 8 nitrogen and oxygen atoms in total. The summed E-state index contributed by atoms with van der Waals surface area (Å²) in [6.45, 7) is 3.68. The molecule has 0 N–H and O–H groups in total. The maximum absolute atomic E-state index is 12.5. The van der Waals surface area contributed by atoms with Gasteiger partial charge in [0.25, 0.3) is 0 Å². The lowest BCUT2D eigenvalue weighted by Crippen LogP contribution is -2.35. The average Bonchev–Trinajstić information content (AvgIpc) is 3.45. The first-order valence-electron chi connectivity index (χ1n) is 9.49. The molecule has 0 saturated carbocycles. The van der Waals surface area contributed by atoms with Gasteiger partial charge in [-0.25, -0.2) is 14.6 Å². The van der Waals surface area contributed by atoms with Crippen LogP contribution in [0.4, 0.5) is 5.82 Å². The molecule has 5 rings (SSSR count). The van der Waals surface area contributed by atoms with Crippen LogP contribution in [0, 0.1) is 11.8 Å². The van der Waals surface area contributed by atoms with Gasteiger partial charge < -0.3 is 9.80 Å². The largest absolute Gasteiger partial charge is 0.355 e. The smallest absolute Gasteiger partial charge is 0.244 e. The monoisotopic (exact) mass is 375 g/mol. The van der Waals surface area contributed by atoms with Crippen LogP contribution < -0.4 is 4.90 Å². The van der Waals surface area contributed by atoms with Crippen LogP contribution in [0.1, 0.15) is 0 Å². The zero-order valence-corrected chi connectivity index (χ0v) is 15.4. The molecule has 3 aromatic rings. The van der Waals surface area contributed by atoms with Crippen LogP contribution in [-0.2, 0) is 11.3 Å². The third-order valence-corrected chi connectivity index (χ3v) is 5.63. The first kappa shape index (κ1) is 16.9. The van der Waals surface area contributed by atoms with E-state index >= 15 is 0 Å². The van der Waals surface area contributed by atoms with Crippen LogP contribution in [0.2, 0.25) is 0 Å². The van der Waals surface area contributed by atoms with Crippen LogP contribution in [-0.4, -0.2) is 61.7 Å². The lowest BCUT2D eigenvalue weighted by Gasteiger charge is -2.22. The Morgan fingerprint density at radius 3 is 2.43 bits per heavy atom. The summed E-state index contributed by atoms with van der Waals surface area (Å²) < 4.78 is 1.58. The third kappa shape index (κ3) is 3.21. The highest BCUT2D eigenvalue weighted by Crippen LogP contribution is 2.33. The van der Waals surface area contributed by atoms with E-state index < -0.39 is 0 Å². The molecule has 142 valence electrons. The van der Waals surface area contributed by atoms with E-state index in [0.717, 1.165) is 43.3 Å². The molecule has 0 bridgehead atoms. The van der Waals surface area contributed by atoms with Gasteiger partial charge in [0.05, 0.1) is 18.1 Å². The van der Waals surface area contributed by atoms with Gasteiger partial charge in [0.2, 0.25) is 5.91 Å². The van der Waals surface area contributed by atoms with E-state index in [2.05, 4.69) is 25.0 Å². The van der Waals surface area contributed by atoms with Crippen molar-refractivity contribution in [3.63, 3.8) is 0 Å². The van der Waals surface area contributed by atoms with Gasteiger partial charge in [0, 0.05) is 43.6 Å². The summed E-state index contributed by atoms with van der Waals surface area (Å²) in [5, 5.41) is 4.02. The SMILES string of the molecule is O=C(Cn1cncn1)N1CC2CN(c3cnc(-c4ccccc4)cn3)CC2C1. The van der Waals surface area contributed by atoms with Crippen molar-refractivity contribution in [2.45, 2.75) is 6.54 Å². The van der Waals surface area contributed by atoms with Crippen molar-refractivity contribution < 1.29 is 4.79 Å². The Morgan fingerprint density at radius 2 is 1.79 bits per heavy atom. The summed E-state index contributed by atoms with van der Waals surface area (Å²) in [5.41, 5.74) is 1.95. The number of likely N-dealkylation sites (tertiary alicyclic amines) is 1. The molecular formula is C20H21N7O. The molecule has 2 saturated heterocycles. The second kappa shape index (κ2) is 7.03. The summed E-state index contributed by atoms with van der Waals surface area (Å²) in [6, 6.07) is 10.1. The van der Waals surface area contributed by atoms with E-state index in [-0.39, 0.29) is 12.5 Å². The van der Waals surface area contributed by atoms with Crippen LogP contribution in [0.5, 0.6) is 0 Å². The van der Waals surface area contributed by atoms with Gasteiger partial charge in [-0.1, -0.05) is 30.3 Å². The minimum absolute atomic E-state index is 0.110. The Kier molecular flexibility index (Phi) is 4.23. The molecule has 0 spiro atoms. The third-order valence-electron chi connectivity index (χ3n) is 5.63. The Bertz CT molecular complexity index is 928. The number of benzene rings is 1. The molecule has 0 radical (unpaired) electrons. The van der Waals surface area contributed by atoms with Crippen LogP contribution in [0.25, 0.3) is 11.3 Å². The van der Waals surface area contributed by atoms with Crippen molar-refractivity contribution >= 4 is 11.7 Å². The standard InChI is InChI=1S/C20H21N7O/c28-20(12-27-14-21-13-24-27)26-10-16-8-25(9-17(16)11-26)19-7-22-18(6-23-19)15-4-2-1-3-5-15/h1-7,13-14,16-17H,8-12H2. The fraction of sp³-hybridized carbons (Fsp3) is 0.350. The molecule has 4 heterocycles. The molecule has 2 atom stereocenters. The van der Waals surface area contributed by atoms with Crippen LogP contribution >= 0.6 is 0 Å². The van der Waals surface area contributed by atoms with Gasteiger partial charge >= 0.3 is 0 Å². The Labute approximate surface area is 162 Å². The minimum Gasteiger partial charge on any atom is -0.355 e. The number of rotatable bonds is 4. The van der Waals surface area contributed by atoms with E-state index in [4.69, 9.17) is 0 Å². The number of fused-ring (bicyclic) bond motifs is 1. The van der Waals surface area contributed by atoms with E-state index in [1.807, 2.05) is 47.6 Å². The number of aromatic nitrogens is 5. The molecular weight excluding hydrogens is 354 g/mol. The van der Waals surface area contributed by atoms with Gasteiger partial charge in [-0.05, 0) is 0 Å². The topological polar surface area (TPSA) is 80.0 Å². The van der Waals surface area contributed by atoms with Crippen molar-refractivity contribution in [2.24, 2.45) is 11.8 Å². The molecule has 28 heavy (non-hydrogen) atoms. The summed E-state index contributed by atoms with van der Waals surface area (Å²) in [6.07, 6.45) is 6.73. The molecule has 1 amide bonds. The molecule has 2 unspecified atom stereocenters. The molecule has 2 fully saturated rings.